The van der Waals surface area contributed by atoms with Crippen molar-refractivity contribution in [2.24, 2.45) is 0 Å². The molecule has 2 N–H and O–H groups in total. The molecule has 8 nitrogen and oxygen atoms in total. The number of carboxylic acid groups (broad SMARTS) is 1. The first-order valence-corrected chi connectivity index (χ1v) is 9.44. The summed E-state index contributed by atoms with van der Waals surface area (Å²) >= 11 is 0. The molecule has 0 aliphatic heterocycles. The van der Waals surface area contributed by atoms with Gasteiger partial charge >= 0.3 is 0 Å². The lowest BCUT2D eigenvalue weighted by molar-refractivity contribution is -0.307. The van der Waals surface area contributed by atoms with E-state index in [1.165, 1.54) is 32.2 Å². The lowest BCUT2D eigenvalue weighted by Gasteiger charge is -2.21. The normalized spacial score (nSPS) is 12.2. The molecule has 0 bridgehead atoms. The van der Waals surface area contributed by atoms with Crippen molar-refractivity contribution in [3.8, 4) is 5.75 Å². The van der Waals surface area contributed by atoms with Crippen LogP contribution in [0.15, 0.2) is 53.4 Å². The van der Waals surface area contributed by atoms with Crippen molar-refractivity contribution in [2.45, 2.75) is 24.3 Å². The smallest absolute Gasteiger partial charge is 0.244 e. The molecule has 0 saturated carbocycles. The molecule has 0 saturated heterocycles. The Bertz CT molecular complexity index is 928. The number of hydrogen-bond acceptors (Lipinski definition) is 6. The van der Waals surface area contributed by atoms with Crippen LogP contribution in [0.1, 0.15) is 12.5 Å². The second kappa shape index (κ2) is 8.65. The van der Waals surface area contributed by atoms with Gasteiger partial charge in [-0.3, -0.25) is 4.79 Å². The highest BCUT2D eigenvalue weighted by Crippen LogP contribution is 2.27. The van der Waals surface area contributed by atoms with E-state index in [4.69, 9.17) is 4.74 Å². The Balaban J connectivity index is 2.35. The molecule has 0 aliphatic carbocycles. The number of hydrogen-bond donors (Lipinski definition) is 2. The van der Waals surface area contributed by atoms with E-state index in [9.17, 15) is 23.1 Å². The Morgan fingerprint density at radius 1 is 1.15 bits per heavy atom. The van der Waals surface area contributed by atoms with Crippen LogP contribution < -0.4 is 19.9 Å². The van der Waals surface area contributed by atoms with E-state index >= 15 is 0 Å². The molecule has 0 aliphatic rings. The van der Waals surface area contributed by atoms with Crippen molar-refractivity contribution >= 4 is 27.6 Å². The maximum atomic E-state index is 12.8. The molecule has 0 spiro atoms. The molecule has 27 heavy (non-hydrogen) atoms. The average molecular weight is 391 g/mol. The standard InChI is InChI=1S/C18H20N2O6S/c1-12(21)19-14-8-9-16(26-2)17(11-14)27(24,25)20-15(18(22)23)10-13-6-4-3-5-7-13/h3-9,11,15,20H,10H2,1-2H3,(H,19,21)(H,22,23)/p-1/t15-/m1/s1. The van der Waals surface area contributed by atoms with Gasteiger partial charge in [-0.1, -0.05) is 30.3 Å². The predicted octanol–water partition coefficient (Wildman–Crippen LogP) is 0.293. The molecule has 2 rings (SSSR count). The van der Waals surface area contributed by atoms with Crippen LogP contribution in [0.2, 0.25) is 0 Å². The summed E-state index contributed by atoms with van der Waals surface area (Å²) in [4.78, 5) is 22.4. The monoisotopic (exact) mass is 391 g/mol. The molecule has 0 fully saturated rings. The zero-order valence-corrected chi connectivity index (χ0v) is 15.6. The first-order chi connectivity index (χ1) is 12.7. The summed E-state index contributed by atoms with van der Waals surface area (Å²) in [5.74, 6) is -1.93. The maximum absolute atomic E-state index is 12.8. The minimum absolute atomic E-state index is 0.00779. The number of rotatable bonds is 8. The zero-order valence-electron chi connectivity index (χ0n) is 14.8. The van der Waals surface area contributed by atoms with Gasteiger partial charge < -0.3 is 20.0 Å². The molecule has 0 unspecified atom stereocenters. The van der Waals surface area contributed by atoms with Crippen molar-refractivity contribution in [3.05, 3.63) is 54.1 Å². The van der Waals surface area contributed by atoms with Crippen LogP contribution in [0, 0.1) is 0 Å². The molecule has 0 aromatic heterocycles. The van der Waals surface area contributed by atoms with E-state index in [-0.39, 0.29) is 28.7 Å². The number of methoxy groups -OCH3 is 1. The lowest BCUT2D eigenvalue weighted by Crippen LogP contribution is -2.49. The van der Waals surface area contributed by atoms with E-state index in [0.29, 0.717) is 5.56 Å². The Morgan fingerprint density at radius 2 is 1.81 bits per heavy atom. The number of anilines is 1. The molecular formula is C18H19N2O6S-. The number of carboxylic acids is 1. The molecule has 1 atom stereocenters. The van der Waals surface area contributed by atoms with Crippen LogP contribution in [0.3, 0.4) is 0 Å². The Labute approximate surface area is 157 Å². The number of aliphatic carboxylic acids is 1. The highest BCUT2D eigenvalue weighted by molar-refractivity contribution is 7.89. The minimum atomic E-state index is -4.27. The summed E-state index contributed by atoms with van der Waals surface area (Å²) in [6.45, 7) is 1.28. The second-order valence-electron chi connectivity index (χ2n) is 5.73. The fraction of sp³-hybridized carbons (Fsp3) is 0.222. The Morgan fingerprint density at radius 3 is 2.37 bits per heavy atom. The van der Waals surface area contributed by atoms with E-state index in [1.807, 2.05) is 0 Å². The van der Waals surface area contributed by atoms with Gasteiger partial charge in [0.05, 0.1) is 19.1 Å². The van der Waals surface area contributed by atoms with E-state index in [2.05, 4.69) is 10.0 Å². The topological polar surface area (TPSA) is 125 Å². The highest BCUT2D eigenvalue weighted by atomic mass is 32.2. The second-order valence-corrected chi connectivity index (χ2v) is 7.41. The van der Waals surface area contributed by atoms with Gasteiger partial charge in [0.2, 0.25) is 15.9 Å². The number of amides is 1. The van der Waals surface area contributed by atoms with Gasteiger partial charge in [-0.2, -0.15) is 0 Å². The van der Waals surface area contributed by atoms with Gasteiger partial charge in [0.25, 0.3) is 0 Å². The number of sulfonamides is 1. The van der Waals surface area contributed by atoms with Crippen LogP contribution in [0.5, 0.6) is 5.75 Å². The van der Waals surface area contributed by atoms with Crippen LogP contribution in [-0.4, -0.2) is 33.4 Å². The first kappa shape index (κ1) is 20.4. The third-order valence-corrected chi connectivity index (χ3v) is 5.13. The number of benzene rings is 2. The van der Waals surface area contributed by atoms with Crippen molar-refractivity contribution in [1.29, 1.82) is 0 Å². The van der Waals surface area contributed by atoms with Gasteiger partial charge in [-0.25, -0.2) is 13.1 Å². The van der Waals surface area contributed by atoms with Crippen LogP contribution >= 0.6 is 0 Å². The quantitative estimate of drug-likeness (QED) is 0.667. The number of carbonyl (C=O) groups is 2. The molecule has 0 heterocycles. The molecule has 2 aromatic rings. The van der Waals surface area contributed by atoms with Gasteiger partial charge in [0.1, 0.15) is 10.6 Å². The van der Waals surface area contributed by atoms with Crippen LogP contribution in [-0.2, 0) is 26.0 Å². The number of ether oxygens (including phenoxy) is 1. The Kier molecular flexibility index (Phi) is 6.54. The van der Waals surface area contributed by atoms with Crippen LogP contribution in [0.25, 0.3) is 0 Å². The molecular weight excluding hydrogens is 372 g/mol. The molecule has 2 aromatic carbocycles. The lowest BCUT2D eigenvalue weighted by atomic mass is 10.1. The fourth-order valence-electron chi connectivity index (χ4n) is 2.44. The summed E-state index contributed by atoms with van der Waals surface area (Å²) in [5.41, 5.74) is 0.866. The summed E-state index contributed by atoms with van der Waals surface area (Å²) < 4.78 is 32.7. The molecule has 144 valence electrons. The fourth-order valence-corrected chi connectivity index (χ4v) is 3.82. The van der Waals surface area contributed by atoms with Gasteiger partial charge in [-0.05, 0) is 30.2 Å². The highest BCUT2D eigenvalue weighted by Gasteiger charge is 2.25. The van der Waals surface area contributed by atoms with Crippen molar-refractivity contribution in [3.63, 3.8) is 0 Å². The third kappa shape index (κ3) is 5.53. The summed E-state index contributed by atoms with van der Waals surface area (Å²) in [6.07, 6.45) is -0.0872. The summed E-state index contributed by atoms with van der Waals surface area (Å²) in [6, 6.07) is 11.1. The van der Waals surface area contributed by atoms with Gasteiger partial charge in [0.15, 0.2) is 0 Å². The molecule has 9 heteroatoms. The average Bonchev–Trinajstić information content (AvgIpc) is 2.61. The summed E-state index contributed by atoms with van der Waals surface area (Å²) in [7, 11) is -2.99. The van der Waals surface area contributed by atoms with Crippen LogP contribution in [0.4, 0.5) is 5.69 Å². The molecule has 0 radical (unpaired) electrons. The maximum Gasteiger partial charge on any atom is 0.244 e. The third-order valence-electron chi connectivity index (χ3n) is 3.64. The van der Waals surface area contributed by atoms with Crippen molar-refractivity contribution < 1.29 is 27.9 Å². The number of nitrogens with one attached hydrogen (secondary N) is 2. The first-order valence-electron chi connectivity index (χ1n) is 7.95. The Hall–Kier alpha value is -2.91. The molecule has 1 amide bonds. The SMILES string of the molecule is COc1ccc(NC(C)=O)cc1S(=O)(=O)N[C@H](Cc1ccccc1)C(=O)[O-]. The summed E-state index contributed by atoms with van der Waals surface area (Å²) in [5, 5.41) is 13.9. The largest absolute Gasteiger partial charge is 0.548 e. The van der Waals surface area contributed by atoms with Crippen molar-refractivity contribution in [2.75, 3.05) is 12.4 Å². The van der Waals surface area contributed by atoms with Gasteiger partial charge in [0, 0.05) is 12.6 Å². The number of carbonyl (C=O) groups excluding carboxylic acids is 2. The van der Waals surface area contributed by atoms with Crippen molar-refractivity contribution in [1.82, 2.24) is 4.72 Å². The van der Waals surface area contributed by atoms with E-state index in [1.54, 1.807) is 30.3 Å². The zero-order chi connectivity index (χ0) is 20.0. The predicted molar refractivity (Wildman–Crippen MR) is 96.6 cm³/mol. The van der Waals surface area contributed by atoms with E-state index in [0.717, 1.165) is 0 Å². The minimum Gasteiger partial charge on any atom is -0.548 e. The van der Waals surface area contributed by atoms with E-state index < -0.39 is 22.0 Å². The van der Waals surface area contributed by atoms with Gasteiger partial charge in [-0.15, -0.1) is 0 Å².